The molecule has 0 rings (SSSR count). The highest BCUT2D eigenvalue weighted by molar-refractivity contribution is 7.19. The van der Waals surface area contributed by atoms with Crippen molar-refractivity contribution in [1.82, 2.24) is 0 Å². The lowest BCUT2D eigenvalue weighted by Crippen LogP contribution is -2.01. The normalized spacial score (nSPS) is 13.1. The fraction of sp³-hybridized carbons (Fsp3) is 0.667. The summed E-state index contributed by atoms with van der Waals surface area (Å²) in [7, 11) is 2.75. The maximum absolute atomic E-state index is 2.75. The Morgan fingerprint density at radius 3 is 1.86 bits per heavy atom. The molecule has 1 heteroatoms. The molecule has 0 saturated carbocycles. The van der Waals surface area contributed by atoms with Crippen LogP contribution in [0.3, 0.4) is 0 Å². The first-order valence-electron chi connectivity index (χ1n) is 2.49. The molecule has 0 bridgehead atoms. The third-order valence-corrected chi connectivity index (χ3v) is 0.789. The van der Waals surface area contributed by atoms with Gasteiger partial charge < -0.3 is 0 Å². The van der Waals surface area contributed by atoms with E-state index < -0.39 is 0 Å². The van der Waals surface area contributed by atoms with Crippen LogP contribution in [0.1, 0.15) is 20.8 Å². The summed E-state index contributed by atoms with van der Waals surface area (Å²) in [5.74, 6) is 0. The highest BCUT2D eigenvalue weighted by atomic mass is 31.0. The molecule has 42 valence electrons. The zero-order valence-corrected chi connectivity index (χ0v) is 6.39. The molecule has 0 nitrogen and oxygen atoms in total. The van der Waals surface area contributed by atoms with Crippen molar-refractivity contribution in [2.45, 2.75) is 25.9 Å². The van der Waals surface area contributed by atoms with Crippen molar-refractivity contribution in [3.63, 3.8) is 0 Å². The number of rotatable bonds is 1. The summed E-state index contributed by atoms with van der Waals surface area (Å²) in [6.07, 6.45) is 4.21. The molecule has 0 aromatic heterocycles. The lowest BCUT2D eigenvalue weighted by molar-refractivity contribution is 0.898. The van der Waals surface area contributed by atoms with Crippen LogP contribution >= 0.6 is 9.24 Å². The van der Waals surface area contributed by atoms with Gasteiger partial charge in [0.2, 0.25) is 0 Å². The molecule has 0 aromatic rings. The molecule has 7 heavy (non-hydrogen) atoms. The second-order valence-corrected chi connectivity index (χ2v) is 3.81. The second kappa shape index (κ2) is 2.47. The topological polar surface area (TPSA) is 0 Å². The molecule has 0 N–H and O–H groups in total. The Labute approximate surface area is 48.2 Å². The van der Waals surface area contributed by atoms with Gasteiger partial charge in [-0.2, -0.15) is 0 Å². The molecule has 0 radical (unpaired) electrons. The molecule has 0 fully saturated rings. The summed E-state index contributed by atoms with van der Waals surface area (Å²) < 4.78 is 0. The van der Waals surface area contributed by atoms with Crippen LogP contribution in [0.25, 0.3) is 0 Å². The molecule has 1 atom stereocenters. The van der Waals surface area contributed by atoms with E-state index in [9.17, 15) is 0 Å². The SMILES string of the molecule is CC=CC(C)(C)P. The van der Waals surface area contributed by atoms with Crippen molar-refractivity contribution in [3.8, 4) is 0 Å². The van der Waals surface area contributed by atoms with E-state index in [0.29, 0.717) is 0 Å². The first kappa shape index (κ1) is 7.17. The maximum Gasteiger partial charge on any atom is -0.00294 e. The molecular formula is C6H13P. The Morgan fingerprint density at radius 1 is 1.43 bits per heavy atom. The Hall–Kier alpha value is 0.170. The van der Waals surface area contributed by atoms with Gasteiger partial charge in [-0.15, -0.1) is 9.24 Å². The van der Waals surface area contributed by atoms with Gasteiger partial charge in [-0.1, -0.05) is 26.0 Å². The van der Waals surface area contributed by atoms with Crippen molar-refractivity contribution < 1.29 is 0 Å². The summed E-state index contributed by atoms with van der Waals surface area (Å²) in [5, 5.41) is 0.286. The smallest absolute Gasteiger partial charge is 0.00294 e. The monoisotopic (exact) mass is 116 g/mol. The van der Waals surface area contributed by atoms with Crippen LogP contribution < -0.4 is 0 Å². The Bertz CT molecular complexity index is 66.7. The van der Waals surface area contributed by atoms with Gasteiger partial charge in [-0.25, -0.2) is 0 Å². The Kier molecular flexibility index (Phi) is 2.53. The highest BCUT2D eigenvalue weighted by Crippen LogP contribution is 2.16. The predicted octanol–water partition coefficient (Wildman–Crippen LogP) is 2.22. The van der Waals surface area contributed by atoms with Gasteiger partial charge in [0.15, 0.2) is 0 Å². The molecule has 0 aliphatic heterocycles. The zero-order chi connectivity index (χ0) is 5.91. The highest BCUT2D eigenvalue weighted by Gasteiger charge is 2.01. The minimum Gasteiger partial charge on any atom is -0.128 e. The molecular weight excluding hydrogens is 103 g/mol. The number of hydrogen-bond donors (Lipinski definition) is 0. The summed E-state index contributed by atoms with van der Waals surface area (Å²) in [5.41, 5.74) is 0. The van der Waals surface area contributed by atoms with Gasteiger partial charge in [0.1, 0.15) is 0 Å². The molecule has 0 amide bonds. The summed E-state index contributed by atoms with van der Waals surface area (Å²) >= 11 is 0. The quantitative estimate of drug-likeness (QED) is 0.364. The minimum absolute atomic E-state index is 0.286. The molecule has 0 heterocycles. The van der Waals surface area contributed by atoms with Crippen LogP contribution in [0.2, 0.25) is 0 Å². The van der Waals surface area contributed by atoms with Gasteiger partial charge in [-0.3, -0.25) is 0 Å². The zero-order valence-electron chi connectivity index (χ0n) is 5.23. The predicted molar refractivity (Wildman–Crippen MR) is 38.6 cm³/mol. The Morgan fingerprint density at radius 2 is 1.86 bits per heavy atom. The van der Waals surface area contributed by atoms with Gasteiger partial charge in [0.25, 0.3) is 0 Å². The van der Waals surface area contributed by atoms with Crippen LogP contribution in [-0.2, 0) is 0 Å². The molecule has 0 aliphatic carbocycles. The standard InChI is InChI=1S/C6H13P/c1-4-5-6(2,3)7/h4-5H,7H2,1-3H3. The fourth-order valence-electron chi connectivity index (χ4n) is 0.430. The first-order valence-corrected chi connectivity index (χ1v) is 3.07. The lowest BCUT2D eigenvalue weighted by atomic mass is 10.2. The van der Waals surface area contributed by atoms with Crippen LogP contribution in [0, 0.1) is 0 Å². The molecule has 0 aliphatic rings. The van der Waals surface area contributed by atoms with E-state index >= 15 is 0 Å². The van der Waals surface area contributed by atoms with Gasteiger partial charge >= 0.3 is 0 Å². The van der Waals surface area contributed by atoms with Crippen molar-refractivity contribution in [1.29, 1.82) is 0 Å². The molecule has 0 aromatic carbocycles. The van der Waals surface area contributed by atoms with Crippen LogP contribution in [-0.4, -0.2) is 5.16 Å². The van der Waals surface area contributed by atoms with E-state index in [1.165, 1.54) is 0 Å². The molecule has 1 unspecified atom stereocenters. The van der Waals surface area contributed by atoms with Crippen molar-refractivity contribution in [3.05, 3.63) is 12.2 Å². The van der Waals surface area contributed by atoms with Gasteiger partial charge in [0.05, 0.1) is 0 Å². The van der Waals surface area contributed by atoms with E-state index in [2.05, 4.69) is 35.2 Å². The van der Waals surface area contributed by atoms with E-state index in [4.69, 9.17) is 0 Å². The maximum atomic E-state index is 2.75. The van der Waals surface area contributed by atoms with Crippen LogP contribution in [0.5, 0.6) is 0 Å². The van der Waals surface area contributed by atoms with Gasteiger partial charge in [0, 0.05) is 0 Å². The second-order valence-electron chi connectivity index (χ2n) is 2.32. The van der Waals surface area contributed by atoms with Crippen LogP contribution in [0.15, 0.2) is 12.2 Å². The average Bonchev–Trinajstić information content (AvgIpc) is 1.30. The van der Waals surface area contributed by atoms with Crippen molar-refractivity contribution in [2.24, 2.45) is 0 Å². The Balaban J connectivity index is 3.56. The van der Waals surface area contributed by atoms with Crippen molar-refractivity contribution in [2.75, 3.05) is 0 Å². The molecule has 0 spiro atoms. The summed E-state index contributed by atoms with van der Waals surface area (Å²) in [4.78, 5) is 0. The van der Waals surface area contributed by atoms with E-state index in [1.54, 1.807) is 0 Å². The number of allylic oxidation sites excluding steroid dienone is 2. The summed E-state index contributed by atoms with van der Waals surface area (Å²) in [6, 6.07) is 0. The molecule has 0 saturated heterocycles. The third-order valence-electron chi connectivity index (χ3n) is 0.596. The largest absolute Gasteiger partial charge is 0.128 e. The van der Waals surface area contributed by atoms with E-state index in [0.717, 1.165) is 0 Å². The average molecular weight is 116 g/mol. The van der Waals surface area contributed by atoms with Crippen molar-refractivity contribution >= 4 is 9.24 Å². The van der Waals surface area contributed by atoms with Crippen LogP contribution in [0.4, 0.5) is 0 Å². The minimum atomic E-state index is 0.286. The fourth-order valence-corrected chi connectivity index (χ4v) is 0.622. The van der Waals surface area contributed by atoms with Gasteiger partial charge in [-0.05, 0) is 12.1 Å². The number of hydrogen-bond acceptors (Lipinski definition) is 0. The van der Waals surface area contributed by atoms with E-state index in [-0.39, 0.29) is 5.16 Å². The first-order chi connectivity index (χ1) is 3.06. The summed E-state index contributed by atoms with van der Waals surface area (Å²) in [6.45, 7) is 6.33. The van der Waals surface area contributed by atoms with E-state index in [1.807, 2.05) is 6.92 Å². The lowest BCUT2D eigenvalue weighted by Gasteiger charge is -2.09. The third kappa shape index (κ3) is 6.17.